The van der Waals surface area contributed by atoms with Gasteiger partial charge in [0, 0.05) is 5.69 Å². The summed E-state index contributed by atoms with van der Waals surface area (Å²) in [6.45, 7) is 6.75. The van der Waals surface area contributed by atoms with Gasteiger partial charge in [-0.05, 0) is 37.0 Å². The molecule has 0 saturated carbocycles. The molecule has 0 aliphatic carbocycles. The zero-order chi connectivity index (χ0) is 15.7. The fourth-order valence-electron chi connectivity index (χ4n) is 2.00. The fourth-order valence-corrected chi connectivity index (χ4v) is 3.86. The quantitative estimate of drug-likeness (QED) is 0.693. The number of rotatable bonds is 5. The number of benzene rings is 1. The summed E-state index contributed by atoms with van der Waals surface area (Å²) in [5.41, 5.74) is 12.4. The highest BCUT2D eigenvalue weighted by Crippen LogP contribution is 2.25. The van der Waals surface area contributed by atoms with Gasteiger partial charge in [0.15, 0.2) is 0 Å². The van der Waals surface area contributed by atoms with E-state index in [2.05, 4.69) is 4.72 Å². The first kappa shape index (κ1) is 16.5. The van der Waals surface area contributed by atoms with Crippen LogP contribution in [0.4, 0.5) is 5.69 Å². The summed E-state index contributed by atoms with van der Waals surface area (Å²) in [6.07, 6.45) is 0. The Labute approximate surface area is 119 Å². The van der Waals surface area contributed by atoms with Gasteiger partial charge in [-0.25, -0.2) is 8.42 Å². The van der Waals surface area contributed by atoms with E-state index in [0.29, 0.717) is 16.8 Å². The van der Waals surface area contributed by atoms with Crippen LogP contribution >= 0.6 is 0 Å². The Kier molecular flexibility index (Phi) is 4.77. The highest BCUT2D eigenvalue weighted by atomic mass is 32.2. The van der Waals surface area contributed by atoms with Gasteiger partial charge in [0.1, 0.15) is 6.04 Å². The molecule has 1 amide bonds. The second-order valence-corrected chi connectivity index (χ2v) is 6.82. The second kappa shape index (κ2) is 5.80. The molecular formula is C13H21N3O3S. The van der Waals surface area contributed by atoms with Gasteiger partial charge in [0.25, 0.3) is 0 Å². The van der Waals surface area contributed by atoms with Crippen LogP contribution in [-0.4, -0.2) is 20.4 Å². The molecule has 1 rings (SSSR count). The number of carbonyl (C=O) groups excluding carboxylic acids is 1. The number of nitrogens with two attached hydrogens (primary N) is 2. The number of carbonyl (C=O) groups is 1. The molecule has 1 aromatic rings. The molecule has 0 aliphatic rings. The first-order chi connectivity index (χ1) is 9.08. The van der Waals surface area contributed by atoms with Crippen LogP contribution in [0.2, 0.25) is 0 Å². The molecule has 1 aromatic carbocycles. The third-order valence-corrected chi connectivity index (χ3v) is 4.90. The maximum atomic E-state index is 12.5. The van der Waals surface area contributed by atoms with Crippen LogP contribution < -0.4 is 16.2 Å². The Bertz CT molecular complexity index is 624. The molecule has 20 heavy (non-hydrogen) atoms. The zero-order valence-electron chi connectivity index (χ0n) is 12.1. The van der Waals surface area contributed by atoms with Gasteiger partial charge < -0.3 is 11.5 Å². The van der Waals surface area contributed by atoms with Crippen molar-refractivity contribution in [1.82, 2.24) is 4.72 Å². The number of nitrogen functional groups attached to an aromatic ring is 1. The van der Waals surface area contributed by atoms with Gasteiger partial charge in [-0.3, -0.25) is 4.79 Å². The molecule has 0 saturated heterocycles. The number of anilines is 1. The lowest BCUT2D eigenvalue weighted by Crippen LogP contribution is -2.47. The van der Waals surface area contributed by atoms with Crippen LogP contribution in [0.5, 0.6) is 0 Å². The van der Waals surface area contributed by atoms with Gasteiger partial charge in [-0.15, -0.1) is 0 Å². The van der Waals surface area contributed by atoms with Crippen LogP contribution in [0.3, 0.4) is 0 Å². The Hall–Kier alpha value is -1.60. The Morgan fingerprint density at radius 1 is 1.25 bits per heavy atom. The van der Waals surface area contributed by atoms with Crippen LogP contribution in [0.25, 0.3) is 0 Å². The third kappa shape index (κ3) is 3.29. The highest BCUT2D eigenvalue weighted by molar-refractivity contribution is 7.89. The predicted octanol–water partition coefficient (Wildman–Crippen LogP) is 0.674. The Morgan fingerprint density at radius 3 is 2.25 bits per heavy atom. The average Bonchev–Trinajstić information content (AvgIpc) is 2.30. The van der Waals surface area contributed by atoms with E-state index in [1.54, 1.807) is 39.8 Å². The van der Waals surface area contributed by atoms with Crippen molar-refractivity contribution in [2.45, 2.75) is 38.6 Å². The summed E-state index contributed by atoms with van der Waals surface area (Å²) >= 11 is 0. The van der Waals surface area contributed by atoms with E-state index < -0.39 is 22.0 Å². The maximum Gasteiger partial charge on any atom is 0.241 e. The number of nitrogens with one attached hydrogen (secondary N) is 1. The van der Waals surface area contributed by atoms with Gasteiger partial charge in [0.2, 0.25) is 15.9 Å². The lowest BCUT2D eigenvalue weighted by molar-refractivity contribution is -0.120. The minimum Gasteiger partial charge on any atom is -0.398 e. The molecule has 0 spiro atoms. The summed E-state index contributed by atoms with van der Waals surface area (Å²) in [5, 5.41) is 0. The van der Waals surface area contributed by atoms with E-state index in [1.807, 2.05) is 0 Å². The largest absolute Gasteiger partial charge is 0.398 e. The molecule has 1 unspecified atom stereocenters. The summed E-state index contributed by atoms with van der Waals surface area (Å²) in [5.74, 6) is -0.952. The van der Waals surface area contributed by atoms with Crippen molar-refractivity contribution in [3.05, 3.63) is 23.3 Å². The lowest BCUT2D eigenvalue weighted by atomic mass is 10.1. The molecule has 7 heteroatoms. The normalized spacial score (nSPS) is 13.4. The second-order valence-electron chi connectivity index (χ2n) is 5.17. The number of sulfonamides is 1. The number of hydrogen-bond donors (Lipinski definition) is 3. The topological polar surface area (TPSA) is 115 Å². The van der Waals surface area contributed by atoms with Crippen LogP contribution in [0.1, 0.15) is 25.0 Å². The first-order valence-corrected chi connectivity index (χ1v) is 7.73. The van der Waals surface area contributed by atoms with Crippen molar-refractivity contribution in [2.24, 2.45) is 11.7 Å². The van der Waals surface area contributed by atoms with E-state index in [-0.39, 0.29) is 10.8 Å². The zero-order valence-corrected chi connectivity index (χ0v) is 12.9. The van der Waals surface area contributed by atoms with Crippen molar-refractivity contribution in [2.75, 3.05) is 5.73 Å². The maximum absolute atomic E-state index is 12.5. The van der Waals surface area contributed by atoms with E-state index in [1.165, 1.54) is 0 Å². The van der Waals surface area contributed by atoms with Crippen LogP contribution in [-0.2, 0) is 14.8 Å². The smallest absolute Gasteiger partial charge is 0.241 e. The highest BCUT2D eigenvalue weighted by Gasteiger charge is 2.29. The Balaban J connectivity index is 3.31. The minimum absolute atomic E-state index is 0.101. The summed E-state index contributed by atoms with van der Waals surface area (Å²) in [7, 11) is -3.86. The number of primary amides is 1. The number of hydrogen-bond acceptors (Lipinski definition) is 4. The molecular weight excluding hydrogens is 278 g/mol. The molecule has 0 bridgehead atoms. The molecule has 112 valence electrons. The standard InChI is InChI=1S/C13H21N3O3S/c1-7(2)11(13(15)17)16-20(18,19)12-8(3)5-6-10(14)9(12)4/h5-7,11,16H,14H2,1-4H3,(H2,15,17). The van der Waals surface area contributed by atoms with Crippen molar-refractivity contribution in [3.63, 3.8) is 0 Å². The monoisotopic (exact) mass is 299 g/mol. The lowest BCUT2D eigenvalue weighted by Gasteiger charge is -2.21. The third-order valence-electron chi connectivity index (χ3n) is 3.17. The molecule has 0 heterocycles. The van der Waals surface area contributed by atoms with Gasteiger partial charge >= 0.3 is 0 Å². The molecule has 6 nitrogen and oxygen atoms in total. The first-order valence-electron chi connectivity index (χ1n) is 6.25. The van der Waals surface area contributed by atoms with E-state index >= 15 is 0 Å². The van der Waals surface area contributed by atoms with Crippen molar-refractivity contribution in [1.29, 1.82) is 0 Å². The van der Waals surface area contributed by atoms with Crippen molar-refractivity contribution in [3.8, 4) is 0 Å². The SMILES string of the molecule is Cc1ccc(N)c(C)c1S(=O)(=O)NC(C(N)=O)C(C)C. The molecule has 0 aliphatic heterocycles. The molecule has 5 N–H and O–H groups in total. The molecule has 0 aromatic heterocycles. The summed E-state index contributed by atoms with van der Waals surface area (Å²) in [4.78, 5) is 11.5. The number of aryl methyl sites for hydroxylation is 1. The average molecular weight is 299 g/mol. The van der Waals surface area contributed by atoms with Crippen LogP contribution in [0, 0.1) is 19.8 Å². The Morgan fingerprint density at radius 2 is 1.80 bits per heavy atom. The summed E-state index contributed by atoms with van der Waals surface area (Å²) < 4.78 is 27.3. The van der Waals surface area contributed by atoms with E-state index in [4.69, 9.17) is 11.5 Å². The van der Waals surface area contributed by atoms with E-state index in [0.717, 1.165) is 0 Å². The van der Waals surface area contributed by atoms with Gasteiger partial charge in [-0.1, -0.05) is 19.9 Å². The number of amides is 1. The van der Waals surface area contributed by atoms with Gasteiger partial charge in [0.05, 0.1) is 4.90 Å². The van der Waals surface area contributed by atoms with Gasteiger partial charge in [-0.2, -0.15) is 4.72 Å². The predicted molar refractivity (Wildman–Crippen MR) is 78.5 cm³/mol. The van der Waals surface area contributed by atoms with Crippen molar-refractivity contribution >= 4 is 21.6 Å². The molecule has 0 fully saturated rings. The molecule has 0 radical (unpaired) electrons. The van der Waals surface area contributed by atoms with E-state index in [9.17, 15) is 13.2 Å². The summed E-state index contributed by atoms with van der Waals surface area (Å²) in [6, 6.07) is 2.32. The fraction of sp³-hybridized carbons (Fsp3) is 0.462. The van der Waals surface area contributed by atoms with Crippen LogP contribution in [0.15, 0.2) is 17.0 Å². The molecule has 1 atom stereocenters. The minimum atomic E-state index is -3.86. The van der Waals surface area contributed by atoms with Crippen molar-refractivity contribution < 1.29 is 13.2 Å².